The quantitative estimate of drug-likeness (QED) is 0.664. The summed E-state index contributed by atoms with van der Waals surface area (Å²) in [5.74, 6) is 0. The number of halogens is 1. The second-order valence-corrected chi connectivity index (χ2v) is 5.72. The minimum Gasteiger partial charge on any atom is -0.359 e. The Bertz CT molecular complexity index is 795. The monoisotopic (exact) mass is 320 g/mol. The number of rotatable bonds is 5. The molecule has 23 heavy (non-hydrogen) atoms. The standard InChI is InChI=1S/C20H17ClN2/c1-15(14-18-4-2-3-5-20(18)21)23-19-8-6-16(7-9-19)17-10-12-22-13-11-17/h2-13,23H,1,14H2. The van der Waals surface area contributed by atoms with Crippen LogP contribution < -0.4 is 5.32 Å². The Balaban J connectivity index is 1.66. The normalized spacial score (nSPS) is 10.3. The van der Waals surface area contributed by atoms with Gasteiger partial charge >= 0.3 is 0 Å². The van der Waals surface area contributed by atoms with Crippen molar-refractivity contribution in [2.45, 2.75) is 6.42 Å². The molecule has 1 aromatic heterocycles. The first-order valence-electron chi connectivity index (χ1n) is 7.41. The lowest BCUT2D eigenvalue weighted by molar-refractivity contribution is 1.16. The van der Waals surface area contributed by atoms with Crippen molar-refractivity contribution < 1.29 is 0 Å². The van der Waals surface area contributed by atoms with Gasteiger partial charge in [0.1, 0.15) is 0 Å². The topological polar surface area (TPSA) is 24.9 Å². The Hall–Kier alpha value is -2.58. The van der Waals surface area contributed by atoms with E-state index < -0.39 is 0 Å². The highest BCUT2D eigenvalue weighted by Gasteiger charge is 2.03. The lowest BCUT2D eigenvalue weighted by Crippen LogP contribution is -2.01. The fraction of sp³-hybridized carbons (Fsp3) is 0.0500. The lowest BCUT2D eigenvalue weighted by Gasteiger charge is -2.11. The molecule has 1 N–H and O–H groups in total. The first-order chi connectivity index (χ1) is 11.2. The Morgan fingerprint density at radius 3 is 2.26 bits per heavy atom. The maximum Gasteiger partial charge on any atom is 0.0441 e. The predicted molar refractivity (Wildman–Crippen MR) is 97.6 cm³/mol. The van der Waals surface area contributed by atoms with E-state index in [1.54, 1.807) is 12.4 Å². The van der Waals surface area contributed by atoms with Gasteiger partial charge in [0.05, 0.1) is 0 Å². The van der Waals surface area contributed by atoms with Crippen LogP contribution in [0.4, 0.5) is 5.69 Å². The number of pyridine rings is 1. The molecule has 0 unspecified atom stereocenters. The maximum atomic E-state index is 6.19. The SMILES string of the molecule is C=C(Cc1ccccc1Cl)Nc1ccc(-c2ccncc2)cc1. The van der Waals surface area contributed by atoms with Crippen molar-refractivity contribution in [2.75, 3.05) is 5.32 Å². The minimum absolute atomic E-state index is 0.700. The molecule has 0 saturated carbocycles. The van der Waals surface area contributed by atoms with E-state index in [4.69, 9.17) is 11.6 Å². The van der Waals surface area contributed by atoms with Gasteiger partial charge in [0.25, 0.3) is 0 Å². The van der Waals surface area contributed by atoms with Gasteiger partial charge in [-0.3, -0.25) is 4.98 Å². The summed E-state index contributed by atoms with van der Waals surface area (Å²) in [6.45, 7) is 4.09. The van der Waals surface area contributed by atoms with Gasteiger partial charge in [-0.15, -0.1) is 0 Å². The van der Waals surface area contributed by atoms with Crippen LogP contribution in [0.5, 0.6) is 0 Å². The number of benzene rings is 2. The maximum absolute atomic E-state index is 6.19. The van der Waals surface area contributed by atoms with Gasteiger partial charge in [-0.05, 0) is 47.0 Å². The molecule has 3 heteroatoms. The Labute approximate surface area is 141 Å². The van der Waals surface area contributed by atoms with Crippen LogP contribution in [-0.4, -0.2) is 4.98 Å². The van der Waals surface area contributed by atoms with E-state index in [-0.39, 0.29) is 0 Å². The Morgan fingerprint density at radius 2 is 1.57 bits per heavy atom. The van der Waals surface area contributed by atoms with Crippen molar-refractivity contribution in [1.82, 2.24) is 4.98 Å². The van der Waals surface area contributed by atoms with Gasteiger partial charge in [0.2, 0.25) is 0 Å². The molecule has 0 radical (unpaired) electrons. The van der Waals surface area contributed by atoms with Crippen molar-refractivity contribution in [3.8, 4) is 11.1 Å². The number of nitrogens with one attached hydrogen (secondary N) is 1. The highest BCUT2D eigenvalue weighted by molar-refractivity contribution is 6.31. The van der Waals surface area contributed by atoms with E-state index >= 15 is 0 Å². The number of anilines is 1. The van der Waals surface area contributed by atoms with Crippen LogP contribution in [0.3, 0.4) is 0 Å². The summed E-state index contributed by atoms with van der Waals surface area (Å²) >= 11 is 6.19. The zero-order valence-electron chi connectivity index (χ0n) is 12.7. The number of allylic oxidation sites excluding steroid dienone is 1. The van der Waals surface area contributed by atoms with Crippen LogP contribution in [0.25, 0.3) is 11.1 Å². The van der Waals surface area contributed by atoms with Crippen molar-refractivity contribution in [1.29, 1.82) is 0 Å². The molecule has 0 atom stereocenters. The van der Waals surface area contributed by atoms with E-state index in [9.17, 15) is 0 Å². The van der Waals surface area contributed by atoms with Gasteiger partial charge in [-0.2, -0.15) is 0 Å². The number of aromatic nitrogens is 1. The first-order valence-corrected chi connectivity index (χ1v) is 7.79. The molecular formula is C20H17ClN2. The molecule has 0 amide bonds. The molecule has 1 heterocycles. The number of nitrogens with zero attached hydrogens (tertiary/aromatic N) is 1. The summed E-state index contributed by atoms with van der Waals surface area (Å²) in [5.41, 5.74) is 5.31. The van der Waals surface area contributed by atoms with E-state index in [0.717, 1.165) is 33.1 Å². The minimum atomic E-state index is 0.700. The van der Waals surface area contributed by atoms with Crippen molar-refractivity contribution in [2.24, 2.45) is 0 Å². The van der Waals surface area contributed by atoms with Gasteiger partial charge in [0.15, 0.2) is 0 Å². The molecule has 0 aliphatic heterocycles. The van der Waals surface area contributed by atoms with Crippen LogP contribution in [0.2, 0.25) is 5.02 Å². The fourth-order valence-corrected chi connectivity index (χ4v) is 2.61. The smallest absolute Gasteiger partial charge is 0.0441 e. The molecule has 114 valence electrons. The molecule has 2 nitrogen and oxygen atoms in total. The summed E-state index contributed by atoms with van der Waals surface area (Å²) < 4.78 is 0. The highest BCUT2D eigenvalue weighted by Crippen LogP contribution is 2.22. The third-order valence-electron chi connectivity index (χ3n) is 3.58. The van der Waals surface area contributed by atoms with E-state index in [1.165, 1.54) is 0 Å². The lowest BCUT2D eigenvalue weighted by atomic mass is 10.1. The summed E-state index contributed by atoms with van der Waals surface area (Å²) in [6, 6.07) is 20.1. The van der Waals surface area contributed by atoms with Crippen molar-refractivity contribution in [3.05, 3.63) is 95.9 Å². The molecule has 0 aliphatic rings. The largest absolute Gasteiger partial charge is 0.359 e. The molecule has 2 aromatic carbocycles. The van der Waals surface area contributed by atoms with Gasteiger partial charge in [-0.25, -0.2) is 0 Å². The van der Waals surface area contributed by atoms with Gasteiger partial charge < -0.3 is 5.32 Å². The summed E-state index contributed by atoms with van der Waals surface area (Å²) in [6.07, 6.45) is 4.30. The zero-order valence-corrected chi connectivity index (χ0v) is 13.4. The van der Waals surface area contributed by atoms with Crippen LogP contribution >= 0.6 is 11.6 Å². The fourth-order valence-electron chi connectivity index (χ4n) is 2.41. The Morgan fingerprint density at radius 1 is 0.913 bits per heavy atom. The van der Waals surface area contributed by atoms with Crippen LogP contribution in [0, 0.1) is 0 Å². The van der Waals surface area contributed by atoms with Gasteiger partial charge in [0, 0.05) is 35.2 Å². The number of hydrogen-bond acceptors (Lipinski definition) is 2. The van der Waals surface area contributed by atoms with Crippen molar-refractivity contribution in [3.63, 3.8) is 0 Å². The van der Waals surface area contributed by atoms with Crippen LogP contribution in [0.1, 0.15) is 5.56 Å². The van der Waals surface area contributed by atoms with Crippen LogP contribution in [-0.2, 0) is 6.42 Å². The first kappa shape index (κ1) is 15.3. The predicted octanol–water partition coefficient (Wildman–Crippen LogP) is 5.57. The van der Waals surface area contributed by atoms with Crippen molar-refractivity contribution >= 4 is 17.3 Å². The molecular weight excluding hydrogens is 304 g/mol. The number of hydrogen-bond donors (Lipinski definition) is 1. The molecule has 0 bridgehead atoms. The third kappa shape index (κ3) is 3.99. The molecule has 0 saturated heterocycles. The highest BCUT2D eigenvalue weighted by atomic mass is 35.5. The average molecular weight is 321 g/mol. The summed E-state index contributed by atoms with van der Waals surface area (Å²) in [7, 11) is 0. The van der Waals surface area contributed by atoms with E-state index in [2.05, 4.69) is 29.0 Å². The molecule has 3 aromatic rings. The molecule has 0 spiro atoms. The summed E-state index contributed by atoms with van der Waals surface area (Å²) in [4.78, 5) is 4.04. The Kier molecular flexibility index (Phi) is 4.74. The molecule has 3 rings (SSSR count). The zero-order chi connectivity index (χ0) is 16.1. The second-order valence-electron chi connectivity index (χ2n) is 5.31. The third-order valence-corrected chi connectivity index (χ3v) is 3.95. The molecule has 0 aliphatic carbocycles. The molecule has 0 fully saturated rings. The van der Waals surface area contributed by atoms with E-state index in [1.807, 2.05) is 48.5 Å². The summed E-state index contributed by atoms with van der Waals surface area (Å²) in [5, 5.41) is 4.10. The van der Waals surface area contributed by atoms with E-state index in [0.29, 0.717) is 6.42 Å². The van der Waals surface area contributed by atoms with Gasteiger partial charge in [-0.1, -0.05) is 48.5 Å². The second kappa shape index (κ2) is 7.12. The van der Waals surface area contributed by atoms with Crippen LogP contribution in [0.15, 0.2) is 85.3 Å². The average Bonchev–Trinajstić information content (AvgIpc) is 2.58.